The van der Waals surface area contributed by atoms with Gasteiger partial charge in [0, 0.05) is 19.4 Å². The Bertz CT molecular complexity index is 855. The molecule has 0 unspecified atom stereocenters. The largest absolute Gasteiger partial charge is 0.377 e. The minimum Gasteiger partial charge on any atom is -0.377 e. The van der Waals surface area contributed by atoms with E-state index in [2.05, 4.69) is 15.5 Å². The van der Waals surface area contributed by atoms with Gasteiger partial charge in [-0.15, -0.1) is 10.2 Å². The first-order valence-corrected chi connectivity index (χ1v) is 9.26. The van der Waals surface area contributed by atoms with Gasteiger partial charge in [-0.1, -0.05) is 11.3 Å². The lowest BCUT2D eigenvalue weighted by Gasteiger charge is -2.17. The molecule has 0 saturated carbocycles. The summed E-state index contributed by atoms with van der Waals surface area (Å²) in [5.41, 5.74) is 1.27. The van der Waals surface area contributed by atoms with Gasteiger partial charge in [0.05, 0.1) is 12.6 Å². The van der Waals surface area contributed by atoms with Crippen molar-refractivity contribution >= 4 is 22.4 Å². The average Bonchev–Trinajstić information content (AvgIpc) is 3.23. The summed E-state index contributed by atoms with van der Waals surface area (Å²) in [6.45, 7) is 5.13. The highest BCUT2D eigenvalue weighted by atomic mass is 32.1. The number of pyridine rings is 1. The molecule has 3 rings (SSSR count). The number of methoxy groups -OCH3 is 1. The number of nitrogens with one attached hydrogen (secondary N) is 1. The number of hydrogen-bond donors (Lipinski definition) is 1. The fraction of sp³-hybridized carbons (Fsp3) is 0.529. The standard InChI is InChI=1S/C17H22N4O4S/c1-10-7-11(2)21(8-12-5-4-6-25-12)16(23)14(10)15(22)18-17-20-19-13(26-17)9-24-3/h7,12H,4-6,8-9H2,1-3H3,(H,18,20,22)/t12-/m0/s1. The van der Waals surface area contributed by atoms with Gasteiger partial charge in [-0.3, -0.25) is 14.9 Å². The molecule has 1 N–H and O–H groups in total. The summed E-state index contributed by atoms with van der Waals surface area (Å²) in [6.07, 6.45) is 1.94. The maximum absolute atomic E-state index is 12.9. The molecule has 26 heavy (non-hydrogen) atoms. The first kappa shape index (κ1) is 18.7. The van der Waals surface area contributed by atoms with E-state index in [0.29, 0.717) is 28.9 Å². The van der Waals surface area contributed by atoms with Crippen LogP contribution in [0.1, 0.15) is 39.5 Å². The molecule has 1 saturated heterocycles. The molecule has 2 aromatic heterocycles. The lowest BCUT2D eigenvalue weighted by Crippen LogP contribution is -2.34. The Kier molecular flexibility index (Phi) is 5.80. The number of ether oxygens (including phenoxy) is 2. The smallest absolute Gasteiger partial charge is 0.263 e. The highest BCUT2D eigenvalue weighted by molar-refractivity contribution is 7.15. The lowest BCUT2D eigenvalue weighted by molar-refractivity contribution is 0.0947. The van der Waals surface area contributed by atoms with Gasteiger partial charge in [-0.2, -0.15) is 0 Å². The third kappa shape index (κ3) is 4.00. The Morgan fingerprint density at radius 2 is 2.27 bits per heavy atom. The molecule has 1 fully saturated rings. The summed E-state index contributed by atoms with van der Waals surface area (Å²) in [5, 5.41) is 11.5. The van der Waals surface area contributed by atoms with Crippen molar-refractivity contribution in [3.05, 3.63) is 38.2 Å². The Morgan fingerprint density at radius 1 is 1.46 bits per heavy atom. The molecule has 1 atom stereocenters. The minimum absolute atomic E-state index is 0.0183. The SMILES string of the molecule is COCc1nnc(NC(=O)c2c(C)cc(C)n(C[C@@H]3CCCO3)c2=O)s1. The molecule has 0 bridgehead atoms. The maximum atomic E-state index is 12.9. The van der Waals surface area contributed by atoms with E-state index in [9.17, 15) is 9.59 Å². The second-order valence-corrected chi connectivity index (χ2v) is 7.34. The van der Waals surface area contributed by atoms with Crippen LogP contribution < -0.4 is 10.9 Å². The monoisotopic (exact) mass is 378 g/mol. The summed E-state index contributed by atoms with van der Waals surface area (Å²) in [7, 11) is 1.56. The van der Waals surface area contributed by atoms with E-state index in [0.717, 1.165) is 25.1 Å². The lowest BCUT2D eigenvalue weighted by atomic mass is 10.1. The Hall–Kier alpha value is -2.10. The van der Waals surface area contributed by atoms with Crippen molar-refractivity contribution in [2.45, 2.75) is 45.9 Å². The zero-order chi connectivity index (χ0) is 18.7. The van der Waals surface area contributed by atoms with Crippen LogP contribution in [0, 0.1) is 13.8 Å². The molecule has 0 spiro atoms. The number of amides is 1. The Morgan fingerprint density at radius 3 is 2.96 bits per heavy atom. The van der Waals surface area contributed by atoms with Crippen LogP contribution in [-0.2, 0) is 22.6 Å². The zero-order valence-corrected chi connectivity index (χ0v) is 15.9. The zero-order valence-electron chi connectivity index (χ0n) is 15.1. The molecule has 2 aromatic rings. The van der Waals surface area contributed by atoms with Crippen LogP contribution in [0.25, 0.3) is 0 Å². The van der Waals surface area contributed by atoms with E-state index in [1.165, 1.54) is 11.3 Å². The summed E-state index contributed by atoms with van der Waals surface area (Å²) in [5.74, 6) is -0.478. The molecule has 1 aliphatic rings. The predicted octanol–water partition coefficient (Wildman–Crippen LogP) is 1.89. The Labute approximate surface area is 155 Å². The van der Waals surface area contributed by atoms with Crippen LogP contribution >= 0.6 is 11.3 Å². The molecule has 0 aromatic carbocycles. The molecular formula is C17H22N4O4S. The molecule has 3 heterocycles. The number of aryl methyl sites for hydroxylation is 2. The number of carbonyl (C=O) groups is 1. The third-order valence-corrected chi connectivity index (χ3v) is 5.11. The van der Waals surface area contributed by atoms with Gasteiger partial charge >= 0.3 is 0 Å². The fourth-order valence-electron chi connectivity index (χ4n) is 3.07. The molecular weight excluding hydrogens is 356 g/mol. The topological polar surface area (TPSA) is 95.3 Å². The first-order valence-electron chi connectivity index (χ1n) is 8.45. The number of hydrogen-bond acceptors (Lipinski definition) is 7. The van der Waals surface area contributed by atoms with Gasteiger partial charge < -0.3 is 14.0 Å². The normalized spacial score (nSPS) is 16.8. The Balaban J connectivity index is 1.85. The van der Waals surface area contributed by atoms with Gasteiger partial charge in [-0.05, 0) is 38.3 Å². The van der Waals surface area contributed by atoms with Crippen molar-refractivity contribution < 1.29 is 14.3 Å². The van der Waals surface area contributed by atoms with E-state index in [4.69, 9.17) is 9.47 Å². The van der Waals surface area contributed by atoms with Gasteiger partial charge in [-0.25, -0.2) is 0 Å². The maximum Gasteiger partial charge on any atom is 0.263 e. The van der Waals surface area contributed by atoms with Crippen LogP contribution in [-0.4, -0.2) is 40.5 Å². The number of rotatable bonds is 6. The average molecular weight is 378 g/mol. The second kappa shape index (κ2) is 8.07. The number of nitrogens with zero attached hydrogens (tertiary/aromatic N) is 3. The highest BCUT2D eigenvalue weighted by Crippen LogP contribution is 2.18. The van der Waals surface area contributed by atoms with E-state index < -0.39 is 5.91 Å². The molecule has 1 aliphatic heterocycles. The molecule has 1 amide bonds. The first-order chi connectivity index (χ1) is 12.5. The van der Waals surface area contributed by atoms with Crippen molar-refractivity contribution in [2.24, 2.45) is 0 Å². The molecule has 140 valence electrons. The number of anilines is 1. The van der Waals surface area contributed by atoms with Crippen LogP contribution in [0.4, 0.5) is 5.13 Å². The van der Waals surface area contributed by atoms with E-state index in [-0.39, 0.29) is 17.2 Å². The van der Waals surface area contributed by atoms with E-state index in [1.807, 2.05) is 13.0 Å². The highest BCUT2D eigenvalue weighted by Gasteiger charge is 2.22. The van der Waals surface area contributed by atoms with Gasteiger partial charge in [0.2, 0.25) is 5.13 Å². The van der Waals surface area contributed by atoms with E-state index in [1.54, 1.807) is 18.6 Å². The van der Waals surface area contributed by atoms with Crippen molar-refractivity contribution in [1.82, 2.24) is 14.8 Å². The molecule has 0 radical (unpaired) electrons. The summed E-state index contributed by atoms with van der Waals surface area (Å²) < 4.78 is 12.2. The van der Waals surface area contributed by atoms with Crippen LogP contribution in [0.5, 0.6) is 0 Å². The van der Waals surface area contributed by atoms with Gasteiger partial charge in [0.25, 0.3) is 11.5 Å². The second-order valence-electron chi connectivity index (χ2n) is 6.28. The molecule has 8 nitrogen and oxygen atoms in total. The van der Waals surface area contributed by atoms with Gasteiger partial charge in [0.15, 0.2) is 0 Å². The number of aromatic nitrogens is 3. The van der Waals surface area contributed by atoms with E-state index >= 15 is 0 Å². The summed E-state index contributed by atoms with van der Waals surface area (Å²) in [4.78, 5) is 25.6. The van der Waals surface area contributed by atoms with Crippen molar-refractivity contribution in [3.63, 3.8) is 0 Å². The number of carbonyl (C=O) groups excluding carboxylic acids is 1. The van der Waals surface area contributed by atoms with Crippen LogP contribution in [0.3, 0.4) is 0 Å². The fourth-order valence-corrected chi connectivity index (χ4v) is 3.77. The van der Waals surface area contributed by atoms with Crippen LogP contribution in [0.15, 0.2) is 10.9 Å². The van der Waals surface area contributed by atoms with Crippen LogP contribution in [0.2, 0.25) is 0 Å². The molecule has 9 heteroatoms. The predicted molar refractivity (Wildman–Crippen MR) is 97.7 cm³/mol. The van der Waals surface area contributed by atoms with Crippen molar-refractivity contribution in [2.75, 3.05) is 19.0 Å². The van der Waals surface area contributed by atoms with Crippen molar-refractivity contribution in [3.8, 4) is 0 Å². The summed E-state index contributed by atoms with van der Waals surface area (Å²) >= 11 is 1.22. The quantitative estimate of drug-likeness (QED) is 0.825. The minimum atomic E-state index is -0.478. The van der Waals surface area contributed by atoms with Crippen molar-refractivity contribution in [1.29, 1.82) is 0 Å². The molecule has 0 aliphatic carbocycles. The third-order valence-electron chi connectivity index (χ3n) is 4.30. The van der Waals surface area contributed by atoms with Gasteiger partial charge in [0.1, 0.15) is 17.2 Å². The summed E-state index contributed by atoms with van der Waals surface area (Å²) in [6, 6.07) is 1.85.